The van der Waals surface area contributed by atoms with E-state index in [0.717, 1.165) is 0 Å². The van der Waals surface area contributed by atoms with Gasteiger partial charge in [-0.2, -0.15) is 0 Å². The molecule has 0 fully saturated rings. The summed E-state index contributed by atoms with van der Waals surface area (Å²) in [5.74, 6) is 0. The van der Waals surface area contributed by atoms with Crippen molar-refractivity contribution < 1.29 is 19.5 Å². The molecule has 0 rings (SSSR count). The highest BCUT2D eigenvalue weighted by molar-refractivity contribution is 7.51. The average molecular weight is 172 g/mol. The molecule has 0 spiro atoms. The fourth-order valence-electron chi connectivity index (χ4n) is 0. The first kappa shape index (κ1) is 12.7. The van der Waals surface area contributed by atoms with Gasteiger partial charge in [-0.15, -0.1) is 0 Å². The smallest absolute Gasteiger partial charge is 0.338 e. The van der Waals surface area contributed by atoms with Crippen LogP contribution >= 0.6 is 7.60 Å². The van der Waals surface area contributed by atoms with Crippen LogP contribution in [-0.2, 0) is 4.57 Å². The van der Waals surface area contributed by atoms with Crippen molar-refractivity contribution in [3.63, 3.8) is 0 Å². The Morgan fingerprint density at radius 3 is 1.50 bits per heavy atom. The molecule has 64 valence electrons. The highest BCUT2D eigenvalue weighted by Gasteiger charge is 2.05. The summed E-state index contributed by atoms with van der Waals surface area (Å²) in [5, 5.41) is 7.75. The van der Waals surface area contributed by atoms with Crippen molar-refractivity contribution >= 4 is 7.60 Å². The molecule has 7 heteroatoms. The summed E-state index contributed by atoms with van der Waals surface area (Å²) >= 11 is 0. The summed E-state index contributed by atoms with van der Waals surface area (Å²) in [6, 6.07) is 0. The Morgan fingerprint density at radius 2 is 1.50 bits per heavy atom. The third-order valence-electron chi connectivity index (χ3n) is 0.367. The van der Waals surface area contributed by atoms with Crippen LogP contribution < -0.4 is 11.5 Å². The lowest BCUT2D eigenvalue weighted by atomic mass is 10.8. The molecule has 0 aliphatic heterocycles. The Labute approximate surface area is 59.0 Å². The molecule has 0 saturated heterocycles. The molecule has 0 radical (unpaired) electrons. The third-order valence-corrected chi connectivity index (χ3v) is 0.843. The Hall–Kier alpha value is 0.0300. The van der Waals surface area contributed by atoms with Crippen LogP contribution in [0.1, 0.15) is 0 Å². The van der Waals surface area contributed by atoms with Gasteiger partial charge in [0.25, 0.3) is 0 Å². The molecule has 0 bridgehead atoms. The summed E-state index contributed by atoms with van der Waals surface area (Å²) in [5.41, 5.74) is 9.32. The lowest BCUT2D eigenvalue weighted by Gasteiger charge is -1.92. The molecule has 0 unspecified atom stereocenters. The minimum Gasteiger partial charge on any atom is -0.395 e. The normalized spacial score (nSPS) is 10.1. The lowest BCUT2D eigenvalue weighted by Crippen LogP contribution is -2.02. The van der Waals surface area contributed by atoms with E-state index in [0.29, 0.717) is 6.54 Å². The van der Waals surface area contributed by atoms with E-state index in [2.05, 4.69) is 5.73 Å². The molecule has 0 aromatic carbocycles. The first-order chi connectivity index (χ1) is 4.47. The predicted molar refractivity (Wildman–Crippen MR) is 37.2 cm³/mol. The van der Waals surface area contributed by atoms with Gasteiger partial charge in [-0.1, -0.05) is 0 Å². The number of nitrogens with two attached hydrogens (primary N) is 2. The van der Waals surface area contributed by atoms with Gasteiger partial charge in [-0.25, -0.2) is 0 Å². The van der Waals surface area contributed by atoms with Gasteiger partial charge in [0, 0.05) is 6.54 Å². The van der Waals surface area contributed by atoms with Gasteiger partial charge in [0.1, 0.15) is 0 Å². The largest absolute Gasteiger partial charge is 0.395 e. The second-order valence-electron chi connectivity index (χ2n) is 1.36. The number of aliphatic hydroxyl groups excluding tert-OH is 1. The van der Waals surface area contributed by atoms with Gasteiger partial charge in [-0.3, -0.25) is 4.57 Å². The van der Waals surface area contributed by atoms with Crippen molar-refractivity contribution in [2.45, 2.75) is 0 Å². The van der Waals surface area contributed by atoms with Crippen LogP contribution in [-0.4, -0.2) is 34.3 Å². The van der Waals surface area contributed by atoms with Gasteiger partial charge >= 0.3 is 7.60 Å². The predicted octanol–water partition coefficient (Wildman–Crippen LogP) is -1.98. The molecule has 0 aliphatic carbocycles. The minimum absolute atomic E-state index is 0.0972. The molecular weight excluding hydrogens is 159 g/mol. The summed E-state index contributed by atoms with van der Waals surface area (Å²) < 4.78 is 9.57. The zero-order valence-corrected chi connectivity index (χ0v) is 6.37. The van der Waals surface area contributed by atoms with Crippen molar-refractivity contribution in [2.75, 3.05) is 19.4 Å². The van der Waals surface area contributed by atoms with Crippen LogP contribution in [0, 0.1) is 0 Å². The van der Waals surface area contributed by atoms with Crippen molar-refractivity contribution in [1.29, 1.82) is 0 Å². The topological polar surface area (TPSA) is 130 Å². The van der Waals surface area contributed by atoms with E-state index in [1.165, 1.54) is 0 Å². The molecule has 0 amide bonds. The van der Waals surface area contributed by atoms with Gasteiger partial charge < -0.3 is 26.4 Å². The lowest BCUT2D eigenvalue weighted by molar-refractivity contribution is 0.306. The molecule has 7 N–H and O–H groups in total. The van der Waals surface area contributed by atoms with Crippen LogP contribution in [0.5, 0.6) is 0 Å². The highest BCUT2D eigenvalue weighted by Crippen LogP contribution is 2.30. The summed E-state index contributed by atoms with van der Waals surface area (Å²) in [6.45, 7) is 0.472. The van der Waals surface area contributed by atoms with Crippen LogP contribution in [0.25, 0.3) is 0 Å². The molecule has 0 aromatic rings. The molecule has 0 aliphatic rings. The van der Waals surface area contributed by atoms with E-state index in [1.54, 1.807) is 0 Å². The minimum atomic E-state index is -3.87. The summed E-state index contributed by atoms with van der Waals surface area (Å²) in [4.78, 5) is 15.6. The molecular formula is C3H13N2O4P. The Balaban J connectivity index is 0. The third kappa shape index (κ3) is 24.4. The molecule has 10 heavy (non-hydrogen) atoms. The van der Waals surface area contributed by atoms with Crippen LogP contribution in [0.15, 0.2) is 0 Å². The standard InChI is InChI=1S/C2H7NO.CH6NO3P/c3-1-2-4;2-1-6(3,4)5/h4H,1-3H2;1-2H2,(H2,3,4,5). The summed E-state index contributed by atoms with van der Waals surface area (Å²) in [7, 11) is -3.87. The van der Waals surface area contributed by atoms with E-state index >= 15 is 0 Å². The van der Waals surface area contributed by atoms with Crippen molar-refractivity contribution in [2.24, 2.45) is 11.5 Å². The first-order valence-electron chi connectivity index (χ1n) is 2.53. The van der Waals surface area contributed by atoms with Gasteiger partial charge in [0.05, 0.1) is 12.9 Å². The Bertz CT molecular complexity index is 101. The van der Waals surface area contributed by atoms with Crippen LogP contribution in [0.3, 0.4) is 0 Å². The quantitative estimate of drug-likeness (QED) is 0.307. The van der Waals surface area contributed by atoms with Crippen LogP contribution in [0.4, 0.5) is 0 Å². The number of aliphatic hydroxyl groups is 1. The van der Waals surface area contributed by atoms with Crippen molar-refractivity contribution in [3.8, 4) is 0 Å². The van der Waals surface area contributed by atoms with E-state index < -0.39 is 13.9 Å². The molecule has 0 atom stereocenters. The SMILES string of the molecule is NCCO.NCP(=O)(O)O. The maximum absolute atomic E-state index is 9.57. The maximum atomic E-state index is 9.57. The molecule has 0 aromatic heterocycles. The number of hydrogen-bond donors (Lipinski definition) is 5. The second-order valence-corrected chi connectivity index (χ2v) is 3.05. The van der Waals surface area contributed by atoms with E-state index in [1.807, 2.05) is 0 Å². The zero-order chi connectivity index (χ0) is 8.62. The van der Waals surface area contributed by atoms with Crippen molar-refractivity contribution in [3.05, 3.63) is 0 Å². The molecule has 6 nitrogen and oxygen atoms in total. The summed E-state index contributed by atoms with van der Waals surface area (Å²) in [6.07, 6.45) is -0.562. The Morgan fingerprint density at radius 1 is 1.30 bits per heavy atom. The maximum Gasteiger partial charge on any atom is 0.338 e. The Kier molecular flexibility index (Phi) is 9.06. The van der Waals surface area contributed by atoms with Crippen molar-refractivity contribution in [1.82, 2.24) is 0 Å². The fourth-order valence-corrected chi connectivity index (χ4v) is 0. The highest BCUT2D eigenvalue weighted by atomic mass is 31.2. The van der Waals surface area contributed by atoms with Gasteiger partial charge in [0.2, 0.25) is 0 Å². The fraction of sp³-hybridized carbons (Fsp3) is 1.00. The van der Waals surface area contributed by atoms with Gasteiger partial charge in [0.15, 0.2) is 0 Å². The second kappa shape index (κ2) is 7.14. The molecule has 0 saturated carbocycles. The monoisotopic (exact) mass is 172 g/mol. The van der Waals surface area contributed by atoms with E-state index in [4.69, 9.17) is 20.6 Å². The first-order valence-corrected chi connectivity index (χ1v) is 4.33. The average Bonchev–Trinajstić information content (AvgIpc) is 1.87. The zero-order valence-electron chi connectivity index (χ0n) is 5.47. The molecule has 0 heterocycles. The van der Waals surface area contributed by atoms with E-state index in [9.17, 15) is 4.57 Å². The van der Waals surface area contributed by atoms with Crippen LogP contribution in [0.2, 0.25) is 0 Å². The number of hydrogen-bond acceptors (Lipinski definition) is 4. The van der Waals surface area contributed by atoms with Gasteiger partial charge in [-0.05, 0) is 0 Å². The number of rotatable bonds is 2. The van der Waals surface area contributed by atoms with E-state index in [-0.39, 0.29) is 6.61 Å².